The zero-order valence-corrected chi connectivity index (χ0v) is 22.2. The van der Waals surface area contributed by atoms with Crippen LogP contribution in [0.25, 0.3) is 0 Å². The van der Waals surface area contributed by atoms with Crippen molar-refractivity contribution in [1.29, 1.82) is 0 Å². The van der Waals surface area contributed by atoms with Gasteiger partial charge in [0.05, 0.1) is 11.5 Å². The van der Waals surface area contributed by atoms with Crippen LogP contribution in [0.2, 0.25) is 0 Å². The molecule has 0 saturated heterocycles. The number of hydrogen-bond donors (Lipinski definition) is 2. The summed E-state index contributed by atoms with van der Waals surface area (Å²) in [7, 11) is 0. The van der Waals surface area contributed by atoms with E-state index in [1.54, 1.807) is 19.9 Å². The monoisotopic (exact) mass is 470 g/mol. The molecule has 0 bridgehead atoms. The van der Waals surface area contributed by atoms with Gasteiger partial charge in [0.2, 0.25) is 0 Å². The minimum atomic E-state index is -0.914. The molecule has 1 unspecified atom stereocenters. The van der Waals surface area contributed by atoms with Gasteiger partial charge in [0.1, 0.15) is 5.78 Å². The Labute approximate surface area is 206 Å². The maximum Gasteiger partial charge on any atom is 0.307 e. The highest BCUT2D eigenvalue weighted by atomic mass is 16.4. The van der Waals surface area contributed by atoms with Crippen LogP contribution < -0.4 is 0 Å². The lowest BCUT2D eigenvalue weighted by atomic mass is 9.42. The van der Waals surface area contributed by atoms with E-state index in [1.165, 1.54) is 19.3 Å². The Morgan fingerprint density at radius 1 is 1.00 bits per heavy atom. The zero-order chi connectivity index (χ0) is 24.9. The number of carboxylic acids is 1. The predicted molar refractivity (Wildman–Crippen MR) is 133 cm³/mol. The summed E-state index contributed by atoms with van der Waals surface area (Å²) in [6.07, 6.45) is 14.1. The van der Waals surface area contributed by atoms with Gasteiger partial charge in [0, 0.05) is 11.8 Å². The lowest BCUT2D eigenvalue weighted by molar-refractivity contribution is -0.161. The summed E-state index contributed by atoms with van der Waals surface area (Å²) in [4.78, 5) is 25.3. The van der Waals surface area contributed by atoms with Gasteiger partial charge in [-0.15, -0.1) is 0 Å². The molecule has 2 spiro atoms. The average molecular weight is 471 g/mol. The summed E-state index contributed by atoms with van der Waals surface area (Å²) in [5, 5.41) is 20.3. The van der Waals surface area contributed by atoms with E-state index in [4.69, 9.17) is 0 Å². The first-order chi connectivity index (χ1) is 15.6. The van der Waals surface area contributed by atoms with Crippen molar-refractivity contribution >= 4 is 11.8 Å². The lowest BCUT2D eigenvalue weighted by Crippen LogP contribution is -2.57. The van der Waals surface area contributed by atoms with E-state index >= 15 is 0 Å². The molecule has 0 aromatic rings. The van der Waals surface area contributed by atoms with Gasteiger partial charge in [0.25, 0.3) is 0 Å². The van der Waals surface area contributed by atoms with Gasteiger partial charge in [0.15, 0.2) is 0 Å². The van der Waals surface area contributed by atoms with Crippen molar-refractivity contribution in [3.63, 3.8) is 0 Å². The number of carbonyl (C=O) groups excluding carboxylic acids is 1. The van der Waals surface area contributed by atoms with Crippen molar-refractivity contribution in [2.45, 2.75) is 111 Å². The molecule has 2 N–H and O–H groups in total. The molecule has 5 rings (SSSR count). The number of hydrogen-bond acceptors (Lipinski definition) is 3. The van der Waals surface area contributed by atoms with Crippen LogP contribution in [0.1, 0.15) is 106 Å². The van der Waals surface area contributed by atoms with E-state index in [9.17, 15) is 19.8 Å². The number of aliphatic hydroxyl groups is 1. The number of carboxylic acid groups (broad SMARTS) is 1. The number of aliphatic carboxylic acids is 1. The van der Waals surface area contributed by atoms with Gasteiger partial charge in [-0.25, -0.2) is 0 Å². The summed E-state index contributed by atoms with van der Waals surface area (Å²) in [6.45, 7) is 12.8. The Hall–Kier alpha value is -1.16. The highest BCUT2D eigenvalue weighted by Gasteiger charge is 2.82. The molecule has 5 fully saturated rings. The smallest absolute Gasteiger partial charge is 0.307 e. The summed E-state index contributed by atoms with van der Waals surface area (Å²) < 4.78 is 0. The molecule has 0 radical (unpaired) electrons. The molecule has 34 heavy (non-hydrogen) atoms. The van der Waals surface area contributed by atoms with Crippen LogP contribution in [0.3, 0.4) is 0 Å². The van der Waals surface area contributed by atoms with Gasteiger partial charge in [-0.2, -0.15) is 0 Å². The molecule has 0 aliphatic heterocycles. The van der Waals surface area contributed by atoms with Crippen LogP contribution in [0, 0.1) is 50.7 Å². The van der Waals surface area contributed by atoms with Crippen molar-refractivity contribution in [3.8, 4) is 0 Å². The normalized spacial score (nSPS) is 48.0. The third kappa shape index (κ3) is 2.99. The van der Waals surface area contributed by atoms with E-state index in [0.717, 1.165) is 38.5 Å². The third-order valence-electron chi connectivity index (χ3n) is 12.6. The number of Topliss-reactive ketones (excluding diaryl/α,β-unsaturated/α-hetero) is 1. The van der Waals surface area contributed by atoms with E-state index in [1.807, 2.05) is 6.08 Å². The quantitative estimate of drug-likeness (QED) is 0.455. The Bertz CT molecular complexity index is 927. The summed E-state index contributed by atoms with van der Waals surface area (Å²) >= 11 is 0. The molecule has 0 aromatic carbocycles. The first-order valence-corrected chi connectivity index (χ1v) is 13.8. The number of carbonyl (C=O) groups is 2. The topological polar surface area (TPSA) is 74.6 Å². The molecule has 5 aliphatic carbocycles. The molecule has 190 valence electrons. The predicted octanol–water partition coefficient (Wildman–Crippen LogP) is 6.41. The fraction of sp³-hybridized carbons (Fsp3) is 0.867. The van der Waals surface area contributed by atoms with E-state index in [-0.39, 0.29) is 22.2 Å². The van der Waals surface area contributed by atoms with Crippen LogP contribution in [-0.4, -0.2) is 27.6 Å². The number of ketones is 1. The number of rotatable bonds is 5. The molecule has 4 nitrogen and oxygen atoms in total. The first kappa shape index (κ1) is 24.5. The minimum absolute atomic E-state index is 0.0329. The fourth-order valence-corrected chi connectivity index (χ4v) is 10.8. The van der Waals surface area contributed by atoms with Crippen molar-refractivity contribution in [1.82, 2.24) is 0 Å². The average Bonchev–Trinajstić information content (AvgIpc) is 3.32. The Morgan fingerprint density at radius 2 is 1.65 bits per heavy atom. The maximum atomic E-state index is 12.8. The lowest BCUT2D eigenvalue weighted by Gasteiger charge is -2.62. The molecule has 0 amide bonds. The molecule has 5 saturated carbocycles. The largest absolute Gasteiger partial charge is 0.481 e. The molecule has 8 atom stereocenters. The Balaban J connectivity index is 1.44. The van der Waals surface area contributed by atoms with E-state index in [2.05, 4.69) is 27.7 Å². The minimum Gasteiger partial charge on any atom is -0.481 e. The highest BCUT2D eigenvalue weighted by molar-refractivity contribution is 5.86. The molecule has 4 heteroatoms. The second-order valence-corrected chi connectivity index (χ2v) is 14.5. The fourth-order valence-electron chi connectivity index (χ4n) is 10.8. The SMILES string of the molecule is CC(C)(O)/C=C/CC(C(=O)O)[C@H]1CC[C@@]2(C)[C@@H]3CC[C@H]4C(C)(C)C(=O)CC[C@@]45C[C@@]35CC[C@]12C. The maximum absolute atomic E-state index is 12.8. The van der Waals surface area contributed by atoms with Crippen LogP contribution in [0.5, 0.6) is 0 Å². The standard InChI is InChI=1S/C30H46O4/c1-25(2,34)13-7-8-19(24(32)33)20-11-14-28(6)22-10-9-21-26(3,4)23(31)12-15-29(21)18-30(22,29)17-16-27(20,28)5/h7,13,19-22,34H,8-12,14-18H2,1-6H3,(H,32,33)/b13-7+/t19?,20-,21+,22+,27-,28+,29-,30+/m1/s1. The summed E-state index contributed by atoms with van der Waals surface area (Å²) in [5.74, 6) is 0.757. The van der Waals surface area contributed by atoms with Gasteiger partial charge in [-0.3, -0.25) is 9.59 Å². The Kier molecular flexibility index (Phi) is 5.20. The zero-order valence-electron chi connectivity index (χ0n) is 22.2. The second kappa shape index (κ2) is 7.20. The molecule has 5 aliphatic rings. The van der Waals surface area contributed by atoms with Gasteiger partial charge >= 0.3 is 5.97 Å². The van der Waals surface area contributed by atoms with Crippen LogP contribution in [0.15, 0.2) is 12.2 Å². The molecular weight excluding hydrogens is 424 g/mol. The van der Waals surface area contributed by atoms with E-state index in [0.29, 0.717) is 34.9 Å². The van der Waals surface area contributed by atoms with Crippen molar-refractivity contribution in [2.75, 3.05) is 0 Å². The van der Waals surface area contributed by atoms with Crippen LogP contribution >= 0.6 is 0 Å². The second-order valence-electron chi connectivity index (χ2n) is 14.5. The summed E-state index contributed by atoms with van der Waals surface area (Å²) in [5.41, 5.74) is -0.154. The van der Waals surface area contributed by atoms with Crippen LogP contribution in [-0.2, 0) is 9.59 Å². The van der Waals surface area contributed by atoms with E-state index < -0.39 is 17.5 Å². The summed E-state index contributed by atoms with van der Waals surface area (Å²) in [6, 6.07) is 0. The highest BCUT2D eigenvalue weighted by Crippen LogP contribution is 2.88. The van der Waals surface area contributed by atoms with Crippen molar-refractivity contribution in [2.24, 2.45) is 50.7 Å². The van der Waals surface area contributed by atoms with Crippen molar-refractivity contribution in [3.05, 3.63) is 12.2 Å². The Morgan fingerprint density at radius 3 is 2.29 bits per heavy atom. The molecule has 0 aromatic heterocycles. The van der Waals surface area contributed by atoms with Gasteiger partial charge in [-0.05, 0) is 111 Å². The number of allylic oxidation sites excluding steroid dienone is 1. The van der Waals surface area contributed by atoms with Crippen molar-refractivity contribution < 1.29 is 19.8 Å². The van der Waals surface area contributed by atoms with Gasteiger partial charge in [-0.1, -0.05) is 39.8 Å². The number of fused-ring (bicyclic) bond motifs is 2. The molecular formula is C30H46O4. The first-order valence-electron chi connectivity index (χ1n) is 13.8. The molecule has 0 heterocycles. The van der Waals surface area contributed by atoms with Crippen LogP contribution in [0.4, 0.5) is 0 Å². The third-order valence-corrected chi connectivity index (χ3v) is 12.6. The van der Waals surface area contributed by atoms with Gasteiger partial charge < -0.3 is 10.2 Å².